The van der Waals surface area contributed by atoms with Crippen LogP contribution in [0.3, 0.4) is 0 Å². The van der Waals surface area contributed by atoms with E-state index in [1.807, 2.05) is 24.1 Å². The zero-order chi connectivity index (χ0) is 14.3. The Bertz CT molecular complexity index is 381. The van der Waals surface area contributed by atoms with Crippen LogP contribution in [0.25, 0.3) is 0 Å². The molecule has 1 aromatic rings. The minimum atomic E-state index is -0.146. The van der Waals surface area contributed by atoms with Gasteiger partial charge in [-0.05, 0) is 30.5 Å². The third kappa shape index (κ3) is 4.83. The van der Waals surface area contributed by atoms with Crippen LogP contribution in [0, 0.1) is 11.2 Å². The van der Waals surface area contributed by atoms with Gasteiger partial charge in [0.05, 0.1) is 5.69 Å². The molecule has 0 spiro atoms. The number of nitrogens with zero attached hydrogens (tertiary/aromatic N) is 1. The van der Waals surface area contributed by atoms with Crippen LogP contribution in [-0.2, 0) is 0 Å². The number of hydrogen-bond donors (Lipinski definition) is 1. The molecule has 1 N–H and O–H groups in total. The molecule has 108 valence electrons. The van der Waals surface area contributed by atoms with Crippen LogP contribution in [-0.4, -0.2) is 26.7 Å². The first-order valence-electron chi connectivity index (χ1n) is 7.19. The van der Waals surface area contributed by atoms with Crippen LogP contribution in [0.2, 0.25) is 0 Å². The van der Waals surface area contributed by atoms with Crippen molar-refractivity contribution in [2.24, 2.45) is 5.41 Å². The molecule has 0 saturated carbocycles. The molecule has 1 rings (SSSR count). The van der Waals surface area contributed by atoms with Crippen molar-refractivity contribution < 1.29 is 4.39 Å². The predicted octanol–water partition coefficient (Wildman–Crippen LogP) is 3.68. The van der Waals surface area contributed by atoms with E-state index in [2.05, 4.69) is 26.1 Å². The summed E-state index contributed by atoms with van der Waals surface area (Å²) in [6, 6.07) is 6.98. The lowest BCUT2D eigenvalue weighted by molar-refractivity contribution is 0.286. The van der Waals surface area contributed by atoms with Crippen molar-refractivity contribution in [1.82, 2.24) is 5.32 Å². The zero-order valence-electron chi connectivity index (χ0n) is 12.7. The lowest BCUT2D eigenvalue weighted by Gasteiger charge is -2.35. The average molecular weight is 266 g/mol. The minimum absolute atomic E-state index is 0.146. The molecule has 1 aromatic carbocycles. The molecule has 1 atom stereocenters. The number of hydrogen-bond acceptors (Lipinski definition) is 2. The van der Waals surface area contributed by atoms with Crippen LogP contribution >= 0.6 is 0 Å². The number of halogens is 1. The molecule has 0 radical (unpaired) electrons. The molecule has 0 heterocycles. The second-order valence-corrected chi connectivity index (χ2v) is 5.65. The normalized spacial score (nSPS) is 14.2. The quantitative estimate of drug-likeness (QED) is 0.772. The second-order valence-electron chi connectivity index (χ2n) is 5.65. The minimum Gasteiger partial charge on any atom is -0.372 e. The molecule has 19 heavy (non-hydrogen) atoms. The van der Waals surface area contributed by atoms with Gasteiger partial charge in [0.25, 0.3) is 0 Å². The summed E-state index contributed by atoms with van der Waals surface area (Å²) in [5.41, 5.74) is 0.850. The fourth-order valence-corrected chi connectivity index (χ4v) is 2.67. The molecule has 0 saturated heterocycles. The maximum atomic E-state index is 13.8. The van der Waals surface area contributed by atoms with E-state index in [4.69, 9.17) is 0 Å². The van der Waals surface area contributed by atoms with Crippen molar-refractivity contribution in [1.29, 1.82) is 0 Å². The van der Waals surface area contributed by atoms with Crippen molar-refractivity contribution in [2.75, 3.05) is 31.6 Å². The van der Waals surface area contributed by atoms with Gasteiger partial charge < -0.3 is 10.2 Å². The van der Waals surface area contributed by atoms with E-state index in [1.165, 1.54) is 6.07 Å². The second kappa shape index (κ2) is 7.49. The lowest BCUT2D eigenvalue weighted by atomic mass is 9.84. The summed E-state index contributed by atoms with van der Waals surface area (Å²) in [4.78, 5) is 2.03. The SMILES string of the molecule is CCCC(C)(CNCC)CN(C)c1ccccc1F. The van der Waals surface area contributed by atoms with Crippen LogP contribution in [0.15, 0.2) is 24.3 Å². The average Bonchev–Trinajstić information content (AvgIpc) is 2.37. The van der Waals surface area contributed by atoms with E-state index in [0.29, 0.717) is 5.69 Å². The van der Waals surface area contributed by atoms with E-state index >= 15 is 0 Å². The Kier molecular flexibility index (Phi) is 6.29. The number of anilines is 1. The van der Waals surface area contributed by atoms with E-state index in [1.54, 1.807) is 6.07 Å². The van der Waals surface area contributed by atoms with Gasteiger partial charge in [-0.3, -0.25) is 0 Å². The Morgan fingerprint density at radius 1 is 1.26 bits per heavy atom. The number of rotatable bonds is 8. The molecular weight excluding hydrogens is 239 g/mol. The lowest BCUT2D eigenvalue weighted by Crippen LogP contribution is -2.41. The molecule has 2 nitrogen and oxygen atoms in total. The Hall–Kier alpha value is -1.09. The monoisotopic (exact) mass is 266 g/mol. The van der Waals surface area contributed by atoms with Gasteiger partial charge in [0.1, 0.15) is 5.82 Å². The Morgan fingerprint density at radius 3 is 2.53 bits per heavy atom. The van der Waals surface area contributed by atoms with Crippen LogP contribution in [0.4, 0.5) is 10.1 Å². The van der Waals surface area contributed by atoms with Crippen LogP contribution in [0.5, 0.6) is 0 Å². The summed E-state index contributed by atoms with van der Waals surface area (Å²) in [6.07, 6.45) is 2.28. The highest BCUT2D eigenvalue weighted by Gasteiger charge is 2.25. The van der Waals surface area contributed by atoms with E-state index in [0.717, 1.165) is 32.5 Å². The molecule has 0 bridgehead atoms. The van der Waals surface area contributed by atoms with Gasteiger partial charge in [0, 0.05) is 20.1 Å². The maximum Gasteiger partial charge on any atom is 0.146 e. The standard InChI is InChI=1S/C16H27FN2/c1-5-11-16(3,12-18-6-2)13-19(4)15-10-8-7-9-14(15)17/h7-10,18H,5-6,11-13H2,1-4H3. The molecular formula is C16H27FN2. The molecule has 0 aliphatic heterocycles. The van der Waals surface area contributed by atoms with Gasteiger partial charge in [-0.1, -0.05) is 39.3 Å². The van der Waals surface area contributed by atoms with Crippen molar-refractivity contribution >= 4 is 5.69 Å². The van der Waals surface area contributed by atoms with Gasteiger partial charge in [-0.25, -0.2) is 4.39 Å². The van der Waals surface area contributed by atoms with Crippen LogP contribution in [0.1, 0.15) is 33.6 Å². The highest BCUT2D eigenvalue weighted by Crippen LogP contribution is 2.27. The molecule has 0 amide bonds. The van der Waals surface area contributed by atoms with Crippen molar-refractivity contribution in [3.8, 4) is 0 Å². The fourth-order valence-electron chi connectivity index (χ4n) is 2.67. The summed E-state index contributed by atoms with van der Waals surface area (Å²) in [5, 5.41) is 3.42. The first-order valence-corrected chi connectivity index (χ1v) is 7.19. The summed E-state index contributed by atoms with van der Waals surface area (Å²) in [7, 11) is 1.97. The highest BCUT2D eigenvalue weighted by molar-refractivity contribution is 5.46. The smallest absolute Gasteiger partial charge is 0.146 e. The molecule has 0 aliphatic rings. The third-order valence-corrected chi connectivity index (χ3v) is 3.54. The Balaban J connectivity index is 2.75. The first kappa shape index (κ1) is 16.0. The predicted molar refractivity (Wildman–Crippen MR) is 81.2 cm³/mol. The maximum absolute atomic E-state index is 13.8. The molecule has 3 heteroatoms. The fraction of sp³-hybridized carbons (Fsp3) is 0.625. The van der Waals surface area contributed by atoms with E-state index < -0.39 is 0 Å². The molecule has 1 unspecified atom stereocenters. The van der Waals surface area contributed by atoms with Crippen molar-refractivity contribution in [3.05, 3.63) is 30.1 Å². The van der Waals surface area contributed by atoms with Gasteiger partial charge in [0.2, 0.25) is 0 Å². The first-order chi connectivity index (χ1) is 9.02. The van der Waals surface area contributed by atoms with Crippen molar-refractivity contribution in [3.63, 3.8) is 0 Å². The van der Waals surface area contributed by atoms with E-state index in [9.17, 15) is 4.39 Å². The Morgan fingerprint density at radius 2 is 1.95 bits per heavy atom. The van der Waals surface area contributed by atoms with Gasteiger partial charge >= 0.3 is 0 Å². The molecule has 0 aliphatic carbocycles. The molecule has 0 fully saturated rings. The topological polar surface area (TPSA) is 15.3 Å². The van der Waals surface area contributed by atoms with Gasteiger partial charge in [0.15, 0.2) is 0 Å². The third-order valence-electron chi connectivity index (χ3n) is 3.54. The Labute approximate surface area is 117 Å². The summed E-state index contributed by atoms with van der Waals surface area (Å²) < 4.78 is 13.8. The largest absolute Gasteiger partial charge is 0.372 e. The van der Waals surface area contributed by atoms with Crippen LogP contribution < -0.4 is 10.2 Å². The van der Waals surface area contributed by atoms with Gasteiger partial charge in [-0.15, -0.1) is 0 Å². The van der Waals surface area contributed by atoms with E-state index in [-0.39, 0.29) is 11.2 Å². The number of para-hydroxylation sites is 1. The van der Waals surface area contributed by atoms with Gasteiger partial charge in [-0.2, -0.15) is 0 Å². The summed E-state index contributed by atoms with van der Waals surface area (Å²) >= 11 is 0. The zero-order valence-corrected chi connectivity index (χ0v) is 12.7. The summed E-state index contributed by atoms with van der Waals surface area (Å²) in [6.45, 7) is 9.39. The molecule has 0 aromatic heterocycles. The number of nitrogens with one attached hydrogen (secondary N) is 1. The summed E-state index contributed by atoms with van der Waals surface area (Å²) in [5.74, 6) is -0.146. The van der Waals surface area contributed by atoms with Crippen molar-refractivity contribution in [2.45, 2.75) is 33.6 Å². The number of benzene rings is 1. The highest BCUT2D eigenvalue weighted by atomic mass is 19.1.